The molecule has 0 aliphatic rings. The van der Waals surface area contributed by atoms with Gasteiger partial charge in [-0.05, 0) is 18.9 Å². The molecule has 0 spiro atoms. The molecule has 1 aromatic heterocycles. The van der Waals surface area contributed by atoms with Gasteiger partial charge in [-0.2, -0.15) is 0 Å². The first-order valence-corrected chi connectivity index (χ1v) is 8.95. The largest absolute Gasteiger partial charge is 0.467 e. The predicted molar refractivity (Wildman–Crippen MR) is 96.6 cm³/mol. The Bertz CT molecular complexity index is 767. The minimum Gasteiger partial charge on any atom is -0.467 e. The van der Waals surface area contributed by atoms with Gasteiger partial charge in [0.2, 0.25) is 5.91 Å². The maximum Gasteiger partial charge on any atom is 0.328 e. The number of hydrogen-bond donors (Lipinski definition) is 1. The highest BCUT2D eigenvalue weighted by Gasteiger charge is 2.21. The zero-order chi connectivity index (χ0) is 18.2. The molecule has 1 heterocycles. The summed E-state index contributed by atoms with van der Waals surface area (Å²) in [7, 11) is 1.30. The summed E-state index contributed by atoms with van der Waals surface area (Å²) in [5, 5.41) is 4.53. The number of ether oxygens (including phenoxy) is 1. The van der Waals surface area contributed by atoms with Gasteiger partial charge in [-0.3, -0.25) is 9.59 Å². The second-order valence-electron chi connectivity index (χ2n) is 5.73. The van der Waals surface area contributed by atoms with E-state index in [4.69, 9.17) is 4.74 Å². The second kappa shape index (κ2) is 9.17. The number of nitrogens with zero attached hydrogens (tertiary/aromatic N) is 1. The van der Waals surface area contributed by atoms with Crippen LogP contribution >= 0.6 is 11.3 Å². The first kappa shape index (κ1) is 18.9. The van der Waals surface area contributed by atoms with Crippen LogP contribution in [0.4, 0.5) is 0 Å². The first-order chi connectivity index (χ1) is 12.0. The number of amides is 1. The van der Waals surface area contributed by atoms with Crippen LogP contribution < -0.4 is 10.2 Å². The summed E-state index contributed by atoms with van der Waals surface area (Å²) in [6, 6.07) is 8.73. The van der Waals surface area contributed by atoms with Gasteiger partial charge in [0, 0.05) is 30.5 Å². The van der Waals surface area contributed by atoms with Crippen LogP contribution in [0.5, 0.6) is 0 Å². The molecule has 2 aromatic rings. The number of carbonyl (C=O) groups excluding carboxylic acids is 2. The number of methoxy groups -OCH3 is 1. The molecule has 0 saturated carbocycles. The number of benzene rings is 1. The molecular weight excluding hydrogens is 340 g/mol. The molecule has 6 nitrogen and oxygen atoms in total. The molecular formula is C18H22N2O4S. The van der Waals surface area contributed by atoms with Gasteiger partial charge in [-0.1, -0.05) is 41.7 Å². The molecule has 0 fully saturated rings. The Morgan fingerprint density at radius 2 is 2.00 bits per heavy atom. The smallest absolute Gasteiger partial charge is 0.328 e. The number of aromatic nitrogens is 1. The molecule has 1 N–H and O–H groups in total. The summed E-state index contributed by atoms with van der Waals surface area (Å²) in [5.41, 5.74) is 1.84. The van der Waals surface area contributed by atoms with Crippen molar-refractivity contribution >= 4 is 23.2 Å². The van der Waals surface area contributed by atoms with E-state index in [9.17, 15) is 14.4 Å². The Balaban J connectivity index is 1.88. The van der Waals surface area contributed by atoms with Gasteiger partial charge in [0.05, 0.1) is 7.11 Å². The van der Waals surface area contributed by atoms with Crippen LogP contribution in [-0.4, -0.2) is 29.6 Å². The van der Waals surface area contributed by atoms with Gasteiger partial charge in [-0.25, -0.2) is 4.79 Å². The van der Waals surface area contributed by atoms with Crippen molar-refractivity contribution in [1.82, 2.24) is 9.88 Å². The highest BCUT2D eigenvalue weighted by Crippen LogP contribution is 2.06. The van der Waals surface area contributed by atoms with Crippen LogP contribution in [0.3, 0.4) is 0 Å². The average Bonchev–Trinajstić information content (AvgIpc) is 2.93. The fraction of sp³-hybridized carbons (Fsp3) is 0.389. The first-order valence-electron chi connectivity index (χ1n) is 8.07. The van der Waals surface area contributed by atoms with Gasteiger partial charge in [0.1, 0.15) is 6.04 Å². The molecule has 0 bridgehead atoms. The normalized spacial score (nSPS) is 11.8. The quantitative estimate of drug-likeness (QED) is 0.728. The number of aryl methyl sites for hydroxylation is 1. The van der Waals surface area contributed by atoms with Crippen molar-refractivity contribution < 1.29 is 14.3 Å². The predicted octanol–water partition coefficient (Wildman–Crippen LogP) is 1.90. The van der Waals surface area contributed by atoms with Gasteiger partial charge in [-0.15, -0.1) is 0 Å². The van der Waals surface area contributed by atoms with Crippen LogP contribution in [0, 0.1) is 6.92 Å². The summed E-state index contributed by atoms with van der Waals surface area (Å²) in [6.45, 7) is 2.36. The number of nitrogens with one attached hydrogen (secondary N) is 1. The zero-order valence-corrected chi connectivity index (χ0v) is 15.2. The lowest BCUT2D eigenvalue weighted by atomic mass is 10.1. The number of esters is 1. The number of carbonyl (C=O) groups is 2. The Hall–Kier alpha value is -2.41. The van der Waals surface area contributed by atoms with Crippen LogP contribution in [0.1, 0.15) is 24.1 Å². The molecule has 7 heteroatoms. The topological polar surface area (TPSA) is 77.4 Å². The molecule has 2 rings (SSSR count). The van der Waals surface area contributed by atoms with E-state index in [1.165, 1.54) is 7.11 Å². The molecule has 0 aliphatic carbocycles. The van der Waals surface area contributed by atoms with Crippen molar-refractivity contribution in [3.05, 3.63) is 56.6 Å². The molecule has 1 unspecified atom stereocenters. The van der Waals surface area contributed by atoms with Crippen LogP contribution in [-0.2, 0) is 27.3 Å². The maximum atomic E-state index is 12.2. The lowest BCUT2D eigenvalue weighted by Gasteiger charge is -2.16. The van der Waals surface area contributed by atoms with Crippen molar-refractivity contribution in [2.45, 2.75) is 38.8 Å². The van der Waals surface area contributed by atoms with Crippen molar-refractivity contribution in [1.29, 1.82) is 0 Å². The molecule has 0 aliphatic heterocycles. The third kappa shape index (κ3) is 5.56. The molecule has 1 atom stereocenters. The monoisotopic (exact) mass is 362 g/mol. The van der Waals surface area contributed by atoms with E-state index < -0.39 is 12.0 Å². The third-order valence-electron chi connectivity index (χ3n) is 3.87. The minimum atomic E-state index is -0.717. The molecule has 0 radical (unpaired) electrons. The van der Waals surface area contributed by atoms with Gasteiger partial charge in [0.15, 0.2) is 0 Å². The van der Waals surface area contributed by atoms with Crippen molar-refractivity contribution in [3.63, 3.8) is 0 Å². The van der Waals surface area contributed by atoms with E-state index in [0.717, 1.165) is 22.6 Å². The summed E-state index contributed by atoms with van der Waals surface area (Å²) >= 11 is 1.15. The van der Waals surface area contributed by atoms with Gasteiger partial charge >= 0.3 is 10.8 Å². The standard InChI is InChI=1S/C18H22N2O4S/c1-13-12-25-18(23)20(13)10-6-9-16(21)19-15(17(22)24-2)11-14-7-4-3-5-8-14/h3-5,7-8,12,15H,6,9-11H2,1-2H3,(H,19,21). The molecule has 25 heavy (non-hydrogen) atoms. The lowest BCUT2D eigenvalue weighted by molar-refractivity contribution is -0.145. The maximum absolute atomic E-state index is 12.2. The number of hydrogen-bond acceptors (Lipinski definition) is 5. The van der Waals surface area contributed by atoms with Crippen molar-refractivity contribution in [2.75, 3.05) is 7.11 Å². The Kier molecular flexibility index (Phi) is 6.94. The fourth-order valence-corrected chi connectivity index (χ4v) is 3.29. The average molecular weight is 362 g/mol. The van der Waals surface area contributed by atoms with E-state index in [0.29, 0.717) is 19.4 Å². The second-order valence-corrected chi connectivity index (χ2v) is 6.55. The third-order valence-corrected chi connectivity index (χ3v) is 4.75. The molecule has 134 valence electrons. The molecule has 1 amide bonds. The summed E-state index contributed by atoms with van der Waals surface area (Å²) in [6.07, 6.45) is 1.15. The highest BCUT2D eigenvalue weighted by atomic mass is 32.1. The fourth-order valence-electron chi connectivity index (χ4n) is 2.52. The van der Waals surface area contributed by atoms with Gasteiger partial charge < -0.3 is 14.6 Å². The lowest BCUT2D eigenvalue weighted by Crippen LogP contribution is -2.43. The van der Waals surface area contributed by atoms with Gasteiger partial charge in [0.25, 0.3) is 0 Å². The van der Waals surface area contributed by atoms with Crippen LogP contribution in [0.2, 0.25) is 0 Å². The summed E-state index contributed by atoms with van der Waals surface area (Å²) in [4.78, 5) is 35.7. The van der Waals surface area contributed by atoms with E-state index in [-0.39, 0.29) is 17.2 Å². The zero-order valence-electron chi connectivity index (χ0n) is 14.4. The highest BCUT2D eigenvalue weighted by molar-refractivity contribution is 7.07. The number of rotatable bonds is 8. The molecule has 1 aromatic carbocycles. The SMILES string of the molecule is COC(=O)C(Cc1ccccc1)NC(=O)CCCn1c(C)csc1=O. The minimum absolute atomic E-state index is 0.0191. The summed E-state index contributed by atoms with van der Waals surface area (Å²) in [5.74, 6) is -0.700. The van der Waals surface area contributed by atoms with Crippen LogP contribution in [0.15, 0.2) is 40.5 Å². The summed E-state index contributed by atoms with van der Waals surface area (Å²) < 4.78 is 6.44. The Morgan fingerprint density at radius 3 is 2.60 bits per heavy atom. The Labute approximate surface area is 150 Å². The molecule has 0 saturated heterocycles. The van der Waals surface area contributed by atoms with Crippen molar-refractivity contribution in [3.8, 4) is 0 Å². The number of thiazole rings is 1. The van der Waals surface area contributed by atoms with E-state index >= 15 is 0 Å². The van der Waals surface area contributed by atoms with E-state index in [2.05, 4.69) is 5.32 Å². The van der Waals surface area contributed by atoms with Crippen LogP contribution in [0.25, 0.3) is 0 Å². The van der Waals surface area contributed by atoms with E-state index in [1.807, 2.05) is 37.3 Å². The Morgan fingerprint density at radius 1 is 1.28 bits per heavy atom. The van der Waals surface area contributed by atoms with Crippen molar-refractivity contribution in [2.24, 2.45) is 0 Å². The van der Waals surface area contributed by atoms with E-state index in [1.54, 1.807) is 9.95 Å².